The predicted molar refractivity (Wildman–Crippen MR) is 242 cm³/mol. The fraction of sp³-hybridized carbons (Fsp3) is 0.0345. The monoisotopic (exact) mass is 748 g/mol. The van der Waals surface area contributed by atoms with E-state index in [0.29, 0.717) is 0 Å². The van der Waals surface area contributed by atoms with Gasteiger partial charge in [-0.25, -0.2) is 0 Å². The van der Waals surface area contributed by atoms with Crippen molar-refractivity contribution >= 4 is 21.5 Å². The molecule has 0 fully saturated rings. The van der Waals surface area contributed by atoms with Gasteiger partial charge in [0, 0.05) is 16.5 Å². The van der Waals surface area contributed by atoms with Crippen LogP contribution < -0.4 is 4.74 Å². The molecule has 10 aromatic carbocycles. The van der Waals surface area contributed by atoms with Gasteiger partial charge < -0.3 is 4.74 Å². The highest BCUT2D eigenvalue weighted by Gasteiger charge is 2.52. The van der Waals surface area contributed by atoms with Gasteiger partial charge in [0.1, 0.15) is 11.5 Å². The minimum absolute atomic E-state index is 0.538. The standard InChI is InChI=1S/C58H36O/c1-3-19-40(20-4-1)57(41-21-5-2-6-22-41)52-35-39(31-32-45(52)48-33-37-17-7-8-18-38(37)34-53(48)57)47-36-54-56(46-26-10-9-23-42(46)47)59-55-30-16-15-29-51(55)58(54)49-27-13-11-24-43(49)44-25-12-14-28-50(44)58/h1-36H. The molecule has 0 N–H and O–H groups in total. The first-order chi connectivity index (χ1) is 29.3. The highest BCUT2D eigenvalue weighted by atomic mass is 16.5. The third kappa shape index (κ3) is 4.19. The molecule has 0 saturated carbocycles. The maximum absolute atomic E-state index is 7.10. The maximum atomic E-state index is 7.10. The van der Waals surface area contributed by atoms with Gasteiger partial charge in [0.05, 0.1) is 10.8 Å². The lowest BCUT2D eigenvalue weighted by Gasteiger charge is -2.40. The summed E-state index contributed by atoms with van der Waals surface area (Å²) < 4.78 is 7.10. The van der Waals surface area contributed by atoms with Gasteiger partial charge in [-0.1, -0.05) is 188 Å². The van der Waals surface area contributed by atoms with E-state index >= 15 is 0 Å². The van der Waals surface area contributed by atoms with Gasteiger partial charge in [-0.2, -0.15) is 0 Å². The topological polar surface area (TPSA) is 9.23 Å². The third-order valence-corrected chi connectivity index (χ3v) is 13.6. The van der Waals surface area contributed by atoms with Crippen LogP contribution in [0.2, 0.25) is 0 Å². The van der Waals surface area contributed by atoms with E-state index in [4.69, 9.17) is 4.74 Å². The van der Waals surface area contributed by atoms with Crippen molar-refractivity contribution in [3.05, 3.63) is 263 Å². The molecule has 0 radical (unpaired) electrons. The zero-order valence-electron chi connectivity index (χ0n) is 32.2. The van der Waals surface area contributed by atoms with E-state index in [1.165, 1.54) is 94.0 Å². The highest BCUT2D eigenvalue weighted by Crippen LogP contribution is 2.64. The van der Waals surface area contributed by atoms with Crippen molar-refractivity contribution in [1.29, 1.82) is 0 Å². The molecule has 0 aromatic heterocycles. The Labute approximate surface area is 343 Å². The van der Waals surface area contributed by atoms with Crippen molar-refractivity contribution in [2.45, 2.75) is 10.8 Å². The fourth-order valence-electron chi connectivity index (χ4n) is 11.3. The summed E-state index contributed by atoms with van der Waals surface area (Å²) in [5, 5.41) is 4.79. The van der Waals surface area contributed by atoms with E-state index in [-0.39, 0.29) is 0 Å². The first-order valence-electron chi connectivity index (χ1n) is 20.6. The number of hydrogen-bond donors (Lipinski definition) is 0. The van der Waals surface area contributed by atoms with Crippen LogP contribution in [0.15, 0.2) is 218 Å². The molecule has 1 heterocycles. The summed E-state index contributed by atoms with van der Waals surface area (Å²) in [4.78, 5) is 0. The Morgan fingerprint density at radius 2 is 0.814 bits per heavy atom. The molecule has 0 bridgehead atoms. The molecule has 0 atom stereocenters. The summed E-state index contributed by atoms with van der Waals surface area (Å²) in [5.41, 5.74) is 16.5. The van der Waals surface area contributed by atoms with Crippen molar-refractivity contribution in [3.63, 3.8) is 0 Å². The number of rotatable bonds is 3. The third-order valence-electron chi connectivity index (χ3n) is 13.6. The lowest BCUT2D eigenvalue weighted by atomic mass is 9.65. The second kappa shape index (κ2) is 12.0. The van der Waals surface area contributed by atoms with Crippen LogP contribution in [-0.4, -0.2) is 0 Å². The van der Waals surface area contributed by atoms with Gasteiger partial charge >= 0.3 is 0 Å². The van der Waals surface area contributed by atoms with E-state index in [9.17, 15) is 0 Å². The minimum Gasteiger partial charge on any atom is -0.456 e. The summed E-state index contributed by atoms with van der Waals surface area (Å²) in [6.07, 6.45) is 0. The Bertz CT molecular complexity index is 3270. The second-order valence-corrected chi connectivity index (χ2v) is 16.3. The number of fused-ring (bicyclic) bond motifs is 15. The van der Waals surface area contributed by atoms with Crippen LogP contribution in [0.4, 0.5) is 0 Å². The molecule has 0 unspecified atom stereocenters. The SMILES string of the molecule is c1ccc(C2(c3ccccc3)c3cc(-c4cc5c(c6ccccc46)Oc4ccccc4C54c5ccccc5-c5ccccc54)ccc3-c3cc4ccccc4cc32)cc1. The van der Waals surface area contributed by atoms with Crippen molar-refractivity contribution in [1.82, 2.24) is 0 Å². The van der Waals surface area contributed by atoms with Gasteiger partial charge in [0.15, 0.2) is 0 Å². The molecule has 1 spiro atoms. The van der Waals surface area contributed by atoms with Crippen LogP contribution in [0.1, 0.15) is 44.5 Å². The largest absolute Gasteiger partial charge is 0.456 e. The molecule has 3 aliphatic rings. The maximum Gasteiger partial charge on any atom is 0.140 e. The van der Waals surface area contributed by atoms with E-state index in [2.05, 4.69) is 218 Å². The predicted octanol–water partition coefficient (Wildman–Crippen LogP) is 14.5. The van der Waals surface area contributed by atoms with Crippen molar-refractivity contribution in [2.24, 2.45) is 0 Å². The smallest absolute Gasteiger partial charge is 0.140 e. The molecule has 1 heteroatoms. The van der Waals surface area contributed by atoms with E-state index < -0.39 is 10.8 Å². The van der Waals surface area contributed by atoms with Crippen LogP contribution in [0.3, 0.4) is 0 Å². The molecule has 1 aliphatic heterocycles. The normalized spacial score (nSPS) is 14.5. The molecule has 59 heavy (non-hydrogen) atoms. The van der Waals surface area contributed by atoms with E-state index in [1.54, 1.807) is 0 Å². The zero-order valence-corrected chi connectivity index (χ0v) is 32.2. The molecule has 0 amide bonds. The Hall–Kier alpha value is -7.48. The fourth-order valence-corrected chi connectivity index (χ4v) is 11.3. The van der Waals surface area contributed by atoms with Gasteiger partial charge in [0.25, 0.3) is 0 Å². The number of hydrogen-bond acceptors (Lipinski definition) is 1. The number of ether oxygens (including phenoxy) is 1. The number of benzene rings is 10. The molecule has 0 saturated heterocycles. The first kappa shape index (κ1) is 32.6. The van der Waals surface area contributed by atoms with Crippen LogP contribution >= 0.6 is 0 Å². The second-order valence-electron chi connectivity index (χ2n) is 16.3. The number of para-hydroxylation sites is 1. The molecule has 2 aliphatic carbocycles. The summed E-state index contributed by atoms with van der Waals surface area (Å²) in [6, 6.07) is 81.1. The molecule has 274 valence electrons. The lowest BCUT2D eigenvalue weighted by Crippen LogP contribution is -2.32. The molecule has 10 aromatic rings. The van der Waals surface area contributed by atoms with Crippen LogP contribution in [-0.2, 0) is 10.8 Å². The van der Waals surface area contributed by atoms with Gasteiger partial charge in [-0.3, -0.25) is 0 Å². The van der Waals surface area contributed by atoms with Crippen LogP contribution in [0.5, 0.6) is 11.5 Å². The van der Waals surface area contributed by atoms with Crippen molar-refractivity contribution in [3.8, 4) is 44.9 Å². The first-order valence-corrected chi connectivity index (χ1v) is 20.6. The molecular formula is C58H36O. The Morgan fingerprint density at radius 1 is 0.288 bits per heavy atom. The zero-order chi connectivity index (χ0) is 38.7. The van der Waals surface area contributed by atoms with Crippen molar-refractivity contribution < 1.29 is 4.74 Å². The van der Waals surface area contributed by atoms with E-state index in [1.807, 2.05) is 0 Å². The average Bonchev–Trinajstić information content (AvgIpc) is 3.76. The van der Waals surface area contributed by atoms with Crippen molar-refractivity contribution in [2.75, 3.05) is 0 Å². The summed E-state index contributed by atoms with van der Waals surface area (Å²) >= 11 is 0. The summed E-state index contributed by atoms with van der Waals surface area (Å²) in [7, 11) is 0. The van der Waals surface area contributed by atoms with Gasteiger partial charge in [-0.05, 0) is 113 Å². The molecular weight excluding hydrogens is 713 g/mol. The Morgan fingerprint density at radius 3 is 1.51 bits per heavy atom. The minimum atomic E-state index is -0.568. The average molecular weight is 749 g/mol. The van der Waals surface area contributed by atoms with Gasteiger partial charge in [0.2, 0.25) is 0 Å². The van der Waals surface area contributed by atoms with Gasteiger partial charge in [-0.15, -0.1) is 0 Å². The quantitative estimate of drug-likeness (QED) is 0.175. The molecule has 1 nitrogen and oxygen atoms in total. The lowest BCUT2D eigenvalue weighted by molar-refractivity contribution is 0.442. The summed E-state index contributed by atoms with van der Waals surface area (Å²) in [5.74, 6) is 1.83. The summed E-state index contributed by atoms with van der Waals surface area (Å²) in [6.45, 7) is 0. The molecule has 13 rings (SSSR count). The van der Waals surface area contributed by atoms with E-state index in [0.717, 1.165) is 16.9 Å². The highest BCUT2D eigenvalue weighted by molar-refractivity contribution is 6.05. The Kier molecular flexibility index (Phi) is 6.64. The Balaban J connectivity index is 1.15. The van der Waals surface area contributed by atoms with Crippen LogP contribution in [0.25, 0.3) is 54.9 Å². The van der Waals surface area contributed by atoms with Crippen LogP contribution in [0, 0.1) is 0 Å².